The maximum Gasteiger partial charge on any atom is 0.143 e. The number of anilines is 3. The highest BCUT2D eigenvalue weighted by Gasteiger charge is 2.53. The fourth-order valence-electron chi connectivity index (χ4n) is 11.3. The molecule has 61 heavy (non-hydrogen) atoms. The molecule has 0 unspecified atom stereocenters. The standard InChI is InChI=1S/C58H34N2O/c1-2-14-39-38(13-1)44-31-32-52(48-34-59-33-47(39)55(44)48)60(36-29-27-35(28-30-36)37-19-11-21-46-43-18-6-10-26-54(43)61-57(37)46)53-25-12-20-45-42-17-5-9-24-51(42)58(56(45)53)49-22-7-3-15-40(49)41-16-4-8-23-50(41)58/h1-34H. The molecule has 0 bridgehead atoms. The van der Waals surface area contributed by atoms with E-state index in [9.17, 15) is 0 Å². The molecule has 1 spiro atoms. The fourth-order valence-corrected chi connectivity index (χ4v) is 11.3. The molecule has 0 N–H and O–H groups in total. The zero-order valence-electron chi connectivity index (χ0n) is 32.9. The lowest BCUT2D eigenvalue weighted by atomic mass is 9.70. The molecule has 9 aromatic carbocycles. The van der Waals surface area contributed by atoms with Gasteiger partial charge in [-0.15, -0.1) is 0 Å². The first kappa shape index (κ1) is 32.9. The van der Waals surface area contributed by atoms with Gasteiger partial charge in [0.15, 0.2) is 0 Å². The molecule has 282 valence electrons. The summed E-state index contributed by atoms with van der Waals surface area (Å²) in [6.07, 6.45) is 4.11. The van der Waals surface area contributed by atoms with E-state index in [4.69, 9.17) is 9.40 Å². The summed E-state index contributed by atoms with van der Waals surface area (Å²) in [5.41, 5.74) is 22.0. The van der Waals surface area contributed by atoms with E-state index in [2.05, 4.69) is 199 Å². The maximum absolute atomic E-state index is 6.53. The highest BCUT2D eigenvalue weighted by atomic mass is 16.3. The summed E-state index contributed by atoms with van der Waals surface area (Å²) in [6.45, 7) is 0. The normalized spacial score (nSPS) is 13.4. The molecular formula is C58H34N2O. The SMILES string of the molecule is c1ccc2c(c1)-c1ccc(N(c3ccc(-c4cccc5c4oc4ccccc45)cc3)c3cccc4c3C3(c5ccccc5-c5ccccc53)c3ccccc3-4)c3cncc-2c13. The van der Waals surface area contributed by atoms with Crippen molar-refractivity contribution in [3.63, 3.8) is 0 Å². The van der Waals surface area contributed by atoms with Gasteiger partial charge in [0.1, 0.15) is 11.2 Å². The monoisotopic (exact) mass is 774 g/mol. The average Bonchev–Trinajstić information content (AvgIpc) is 4.05. The Hall–Kier alpha value is -8.01. The van der Waals surface area contributed by atoms with Crippen LogP contribution in [-0.4, -0.2) is 4.98 Å². The van der Waals surface area contributed by atoms with E-state index in [0.29, 0.717) is 0 Å². The number of rotatable bonds is 4. The van der Waals surface area contributed by atoms with Crippen molar-refractivity contribution in [1.29, 1.82) is 0 Å². The van der Waals surface area contributed by atoms with E-state index in [1.165, 1.54) is 72.1 Å². The number of furan rings is 1. The third-order valence-corrected chi connectivity index (χ3v) is 13.7. The summed E-state index contributed by atoms with van der Waals surface area (Å²) in [7, 11) is 0. The average molecular weight is 775 g/mol. The second-order valence-electron chi connectivity index (χ2n) is 16.5. The van der Waals surface area contributed by atoms with Crippen LogP contribution in [0, 0.1) is 0 Å². The first-order chi connectivity index (χ1) is 30.3. The first-order valence-corrected chi connectivity index (χ1v) is 21.0. The van der Waals surface area contributed by atoms with Crippen LogP contribution in [0.3, 0.4) is 0 Å². The Kier molecular flexibility index (Phi) is 6.49. The Bertz CT molecular complexity index is 3580. The predicted octanol–water partition coefficient (Wildman–Crippen LogP) is 15.3. The van der Waals surface area contributed by atoms with E-state index in [0.717, 1.165) is 55.5 Å². The molecular weight excluding hydrogens is 741 g/mol. The molecule has 0 aliphatic heterocycles. The van der Waals surface area contributed by atoms with Gasteiger partial charge in [0, 0.05) is 56.3 Å². The summed E-state index contributed by atoms with van der Waals surface area (Å²) in [4.78, 5) is 7.45. The Balaban J connectivity index is 1.06. The molecule has 2 aromatic heterocycles. The lowest BCUT2D eigenvalue weighted by Gasteiger charge is -2.36. The van der Waals surface area contributed by atoms with Crippen LogP contribution in [0.1, 0.15) is 22.3 Å². The van der Waals surface area contributed by atoms with Crippen molar-refractivity contribution < 1.29 is 4.42 Å². The molecule has 3 nitrogen and oxygen atoms in total. The molecule has 2 heterocycles. The van der Waals surface area contributed by atoms with Gasteiger partial charge in [-0.1, -0.05) is 164 Å². The molecule has 3 aliphatic carbocycles. The number of hydrogen-bond acceptors (Lipinski definition) is 3. The molecule has 3 aliphatic rings. The predicted molar refractivity (Wildman–Crippen MR) is 250 cm³/mol. The summed E-state index contributed by atoms with van der Waals surface area (Å²) >= 11 is 0. The smallest absolute Gasteiger partial charge is 0.143 e. The van der Waals surface area contributed by atoms with Gasteiger partial charge in [0.05, 0.1) is 16.8 Å². The van der Waals surface area contributed by atoms with Gasteiger partial charge in [0.25, 0.3) is 0 Å². The minimum Gasteiger partial charge on any atom is -0.455 e. The van der Waals surface area contributed by atoms with Gasteiger partial charge in [-0.3, -0.25) is 4.98 Å². The number of hydrogen-bond donors (Lipinski definition) is 0. The molecule has 3 heteroatoms. The van der Waals surface area contributed by atoms with Gasteiger partial charge in [-0.05, 0) is 91.5 Å². The first-order valence-electron chi connectivity index (χ1n) is 21.0. The van der Waals surface area contributed by atoms with E-state index in [1.54, 1.807) is 0 Å². The number of para-hydroxylation sites is 2. The Morgan fingerprint density at radius 3 is 1.69 bits per heavy atom. The lowest BCUT2D eigenvalue weighted by molar-refractivity contribution is 0.670. The Morgan fingerprint density at radius 1 is 0.377 bits per heavy atom. The second kappa shape index (κ2) is 12.0. The van der Waals surface area contributed by atoms with Gasteiger partial charge >= 0.3 is 0 Å². The van der Waals surface area contributed by atoms with Gasteiger partial charge < -0.3 is 9.32 Å². The Labute approximate surface area is 352 Å². The van der Waals surface area contributed by atoms with Crippen LogP contribution >= 0.6 is 0 Å². The van der Waals surface area contributed by atoms with E-state index in [-0.39, 0.29) is 0 Å². The minimum atomic E-state index is -0.534. The molecule has 14 rings (SSSR count). The van der Waals surface area contributed by atoms with Crippen LogP contribution in [0.5, 0.6) is 0 Å². The van der Waals surface area contributed by atoms with Crippen molar-refractivity contribution in [2.24, 2.45) is 0 Å². The van der Waals surface area contributed by atoms with Crippen LogP contribution in [0.15, 0.2) is 211 Å². The van der Waals surface area contributed by atoms with E-state index >= 15 is 0 Å². The largest absolute Gasteiger partial charge is 0.455 e. The van der Waals surface area contributed by atoms with Crippen molar-refractivity contribution in [1.82, 2.24) is 4.98 Å². The van der Waals surface area contributed by atoms with Crippen molar-refractivity contribution in [3.8, 4) is 55.6 Å². The van der Waals surface area contributed by atoms with Crippen molar-refractivity contribution in [2.75, 3.05) is 4.90 Å². The van der Waals surface area contributed by atoms with Gasteiger partial charge in [0.2, 0.25) is 0 Å². The quantitative estimate of drug-likeness (QED) is 0.178. The fraction of sp³-hybridized carbons (Fsp3) is 0.0172. The number of nitrogens with zero attached hydrogens (tertiary/aromatic N) is 2. The number of pyridine rings is 1. The molecule has 0 fully saturated rings. The van der Waals surface area contributed by atoms with Crippen LogP contribution in [0.4, 0.5) is 17.1 Å². The van der Waals surface area contributed by atoms with Crippen molar-refractivity contribution in [3.05, 3.63) is 229 Å². The maximum atomic E-state index is 6.53. The second-order valence-corrected chi connectivity index (χ2v) is 16.5. The summed E-state index contributed by atoms with van der Waals surface area (Å²) in [5.74, 6) is 0. The van der Waals surface area contributed by atoms with Gasteiger partial charge in [-0.25, -0.2) is 0 Å². The zero-order chi connectivity index (χ0) is 39.8. The molecule has 11 aromatic rings. The van der Waals surface area contributed by atoms with Crippen LogP contribution < -0.4 is 4.90 Å². The van der Waals surface area contributed by atoms with Crippen molar-refractivity contribution in [2.45, 2.75) is 5.41 Å². The summed E-state index contributed by atoms with van der Waals surface area (Å²) < 4.78 is 6.53. The lowest BCUT2D eigenvalue weighted by Crippen LogP contribution is -2.28. The number of aromatic nitrogens is 1. The minimum absolute atomic E-state index is 0.534. The highest BCUT2D eigenvalue weighted by Crippen LogP contribution is 2.65. The third kappa shape index (κ3) is 4.19. The molecule has 0 saturated heterocycles. The third-order valence-electron chi connectivity index (χ3n) is 13.7. The molecule has 0 atom stereocenters. The van der Waals surface area contributed by atoms with Crippen molar-refractivity contribution >= 4 is 49.8 Å². The highest BCUT2D eigenvalue weighted by molar-refractivity contribution is 6.19. The molecule has 0 radical (unpaired) electrons. The Morgan fingerprint density at radius 2 is 0.951 bits per heavy atom. The summed E-state index contributed by atoms with van der Waals surface area (Å²) in [6, 6.07) is 71.3. The van der Waals surface area contributed by atoms with E-state index < -0.39 is 5.41 Å². The van der Waals surface area contributed by atoms with E-state index in [1.807, 2.05) is 12.3 Å². The number of fused-ring (bicyclic) bond motifs is 16. The summed E-state index contributed by atoms with van der Waals surface area (Å²) in [5, 5.41) is 4.63. The molecule has 0 saturated carbocycles. The number of benzene rings is 9. The topological polar surface area (TPSA) is 29.3 Å². The zero-order valence-corrected chi connectivity index (χ0v) is 32.9. The molecule has 0 amide bonds. The van der Waals surface area contributed by atoms with Crippen LogP contribution in [0.2, 0.25) is 0 Å². The van der Waals surface area contributed by atoms with Gasteiger partial charge in [-0.2, -0.15) is 0 Å². The van der Waals surface area contributed by atoms with Crippen LogP contribution in [-0.2, 0) is 5.41 Å². The van der Waals surface area contributed by atoms with Crippen LogP contribution in [0.25, 0.3) is 88.3 Å².